The normalized spacial score (nSPS) is 15.9. The summed E-state index contributed by atoms with van der Waals surface area (Å²) in [7, 11) is 0. The van der Waals surface area contributed by atoms with Crippen LogP contribution in [0.3, 0.4) is 0 Å². The second-order valence-electron chi connectivity index (χ2n) is 6.76. The molecule has 0 saturated carbocycles. The van der Waals surface area contributed by atoms with E-state index in [0.29, 0.717) is 19.4 Å². The first kappa shape index (κ1) is 18.0. The molecule has 0 bridgehead atoms. The van der Waals surface area contributed by atoms with E-state index in [4.69, 9.17) is 9.25 Å². The Bertz CT molecular complexity index is 882. The van der Waals surface area contributed by atoms with Crippen LogP contribution >= 0.6 is 0 Å². The van der Waals surface area contributed by atoms with Crippen LogP contribution in [0, 0.1) is 0 Å². The first-order valence-corrected chi connectivity index (χ1v) is 9.44. The van der Waals surface area contributed by atoms with Crippen molar-refractivity contribution in [1.82, 2.24) is 5.32 Å². The summed E-state index contributed by atoms with van der Waals surface area (Å²) in [5, 5.41) is 7.19. The number of amides is 1. The van der Waals surface area contributed by atoms with Gasteiger partial charge in [-0.2, -0.15) is 0 Å². The minimum absolute atomic E-state index is 0.0247. The van der Waals surface area contributed by atoms with Gasteiger partial charge in [0.2, 0.25) is 6.10 Å². The summed E-state index contributed by atoms with van der Waals surface area (Å²) in [4.78, 5) is 18.0. The number of nitrogens with one attached hydrogen (secondary N) is 1. The third kappa shape index (κ3) is 4.14. The number of carbonyl (C=O) groups excluding carboxylic acids is 1. The lowest BCUT2D eigenvalue weighted by Gasteiger charge is -2.17. The topological polar surface area (TPSA) is 63.8 Å². The molecule has 1 amide bonds. The van der Waals surface area contributed by atoms with Gasteiger partial charge in [-0.25, -0.2) is 0 Å². The summed E-state index contributed by atoms with van der Waals surface area (Å²) in [6.07, 6.45) is 2.16. The molecule has 2 aromatic carbocycles. The minimum Gasteiger partial charge on any atom is -0.469 e. The number of furan rings is 1. The smallest absolute Gasteiger partial charge is 0.264 e. The van der Waals surface area contributed by atoms with Crippen LogP contribution in [0.5, 0.6) is 0 Å². The second kappa shape index (κ2) is 8.57. The molecule has 2 heterocycles. The third-order valence-corrected chi connectivity index (χ3v) is 4.83. The zero-order valence-electron chi connectivity index (χ0n) is 15.5. The Morgan fingerprint density at radius 1 is 1.00 bits per heavy atom. The molecule has 0 aliphatic carbocycles. The Labute approximate surface area is 164 Å². The summed E-state index contributed by atoms with van der Waals surface area (Å²) in [5.74, 6) is 0.672. The molecule has 3 aromatic rings. The highest BCUT2D eigenvalue weighted by Gasteiger charge is 2.33. The largest absolute Gasteiger partial charge is 0.469 e. The van der Waals surface area contributed by atoms with E-state index < -0.39 is 6.10 Å². The van der Waals surface area contributed by atoms with Crippen LogP contribution in [0.4, 0.5) is 0 Å². The quantitative estimate of drug-likeness (QED) is 0.682. The van der Waals surface area contributed by atoms with Crippen LogP contribution in [-0.2, 0) is 16.1 Å². The first-order chi connectivity index (χ1) is 13.8. The van der Waals surface area contributed by atoms with Crippen molar-refractivity contribution in [3.63, 3.8) is 0 Å². The highest BCUT2D eigenvalue weighted by molar-refractivity contribution is 5.98. The van der Waals surface area contributed by atoms with E-state index in [1.165, 1.54) is 0 Å². The predicted octanol–water partition coefficient (Wildman–Crippen LogP) is 3.92. The maximum absolute atomic E-state index is 12.5. The molecule has 5 nitrogen and oxygen atoms in total. The summed E-state index contributed by atoms with van der Waals surface area (Å²) in [6.45, 7) is 0.502. The van der Waals surface area contributed by atoms with Crippen LogP contribution in [0.1, 0.15) is 29.2 Å². The molecule has 1 N–H and O–H groups in total. The molecular formula is C23H22N2O3. The maximum atomic E-state index is 12.5. The predicted molar refractivity (Wildman–Crippen MR) is 107 cm³/mol. The lowest BCUT2D eigenvalue weighted by Crippen LogP contribution is -2.36. The Hall–Kier alpha value is -3.34. The van der Waals surface area contributed by atoms with Gasteiger partial charge in [-0.1, -0.05) is 65.8 Å². The molecule has 0 saturated heterocycles. The number of benzene rings is 2. The van der Waals surface area contributed by atoms with Gasteiger partial charge in [-0.15, -0.1) is 0 Å². The SMILES string of the molecule is O=C(NCCc1ccco1)[C@H]1CC(C(c2ccccc2)c2ccccc2)=NO1. The first-order valence-electron chi connectivity index (χ1n) is 9.44. The van der Waals surface area contributed by atoms with E-state index in [2.05, 4.69) is 34.7 Å². The molecule has 1 atom stereocenters. The molecule has 28 heavy (non-hydrogen) atoms. The number of hydrogen-bond donors (Lipinski definition) is 1. The van der Waals surface area contributed by atoms with Crippen molar-refractivity contribution < 1.29 is 14.0 Å². The maximum Gasteiger partial charge on any atom is 0.264 e. The fourth-order valence-electron chi connectivity index (χ4n) is 3.45. The zero-order chi connectivity index (χ0) is 19.2. The van der Waals surface area contributed by atoms with Crippen molar-refractivity contribution >= 4 is 11.6 Å². The highest BCUT2D eigenvalue weighted by atomic mass is 16.6. The molecule has 0 fully saturated rings. The lowest BCUT2D eigenvalue weighted by molar-refractivity contribution is -0.131. The van der Waals surface area contributed by atoms with E-state index in [-0.39, 0.29) is 11.8 Å². The molecule has 0 spiro atoms. The van der Waals surface area contributed by atoms with Crippen molar-refractivity contribution in [3.05, 3.63) is 95.9 Å². The summed E-state index contributed by atoms with van der Waals surface area (Å²) >= 11 is 0. The number of nitrogens with zero attached hydrogens (tertiary/aromatic N) is 1. The molecule has 1 aromatic heterocycles. The summed E-state index contributed by atoms with van der Waals surface area (Å²) < 4.78 is 5.28. The minimum atomic E-state index is -0.596. The molecule has 142 valence electrons. The van der Waals surface area contributed by atoms with Crippen molar-refractivity contribution in [1.29, 1.82) is 0 Å². The zero-order valence-corrected chi connectivity index (χ0v) is 15.5. The fraction of sp³-hybridized carbons (Fsp3) is 0.217. The van der Waals surface area contributed by atoms with Gasteiger partial charge in [-0.05, 0) is 23.3 Å². The highest BCUT2D eigenvalue weighted by Crippen LogP contribution is 2.31. The Balaban J connectivity index is 1.42. The molecule has 1 aliphatic rings. The van der Waals surface area contributed by atoms with Crippen LogP contribution < -0.4 is 5.32 Å². The van der Waals surface area contributed by atoms with E-state index >= 15 is 0 Å². The van der Waals surface area contributed by atoms with Crippen LogP contribution in [0.2, 0.25) is 0 Å². The van der Waals surface area contributed by atoms with Crippen LogP contribution in [0.15, 0.2) is 88.6 Å². The van der Waals surface area contributed by atoms with Gasteiger partial charge < -0.3 is 14.6 Å². The second-order valence-corrected chi connectivity index (χ2v) is 6.76. The van der Waals surface area contributed by atoms with Crippen LogP contribution in [-0.4, -0.2) is 24.3 Å². The van der Waals surface area contributed by atoms with Gasteiger partial charge in [0, 0.05) is 19.4 Å². The third-order valence-electron chi connectivity index (χ3n) is 4.83. The Morgan fingerprint density at radius 2 is 1.68 bits per heavy atom. The molecule has 1 aliphatic heterocycles. The number of hydrogen-bond acceptors (Lipinski definition) is 4. The fourth-order valence-corrected chi connectivity index (χ4v) is 3.45. The van der Waals surface area contributed by atoms with E-state index in [1.807, 2.05) is 48.5 Å². The van der Waals surface area contributed by atoms with Crippen molar-refractivity contribution in [2.45, 2.75) is 24.9 Å². The lowest BCUT2D eigenvalue weighted by atomic mass is 9.85. The average Bonchev–Trinajstić information content (AvgIpc) is 3.42. The van der Waals surface area contributed by atoms with Gasteiger partial charge in [-0.3, -0.25) is 4.79 Å². The summed E-state index contributed by atoms with van der Waals surface area (Å²) in [6, 6.07) is 24.1. The number of oxime groups is 1. The van der Waals surface area contributed by atoms with Crippen molar-refractivity contribution in [2.24, 2.45) is 5.16 Å². The summed E-state index contributed by atoms with van der Waals surface area (Å²) in [5.41, 5.74) is 3.13. The van der Waals surface area contributed by atoms with Gasteiger partial charge in [0.15, 0.2) is 0 Å². The van der Waals surface area contributed by atoms with Gasteiger partial charge >= 0.3 is 0 Å². The van der Waals surface area contributed by atoms with Crippen molar-refractivity contribution in [2.75, 3.05) is 6.54 Å². The van der Waals surface area contributed by atoms with E-state index in [1.54, 1.807) is 6.26 Å². The molecular weight excluding hydrogens is 352 g/mol. The van der Waals surface area contributed by atoms with Gasteiger partial charge in [0.25, 0.3) is 5.91 Å². The molecule has 4 rings (SSSR count). The van der Waals surface area contributed by atoms with Crippen LogP contribution in [0.25, 0.3) is 0 Å². The Kier molecular flexibility index (Phi) is 5.52. The van der Waals surface area contributed by atoms with E-state index in [0.717, 1.165) is 22.6 Å². The molecule has 0 radical (unpaired) electrons. The average molecular weight is 374 g/mol. The Morgan fingerprint density at radius 3 is 2.29 bits per heavy atom. The standard InChI is InChI=1S/C23H22N2O3/c26-23(24-14-13-19-12-7-15-27-19)21-16-20(25-28-21)22(17-8-3-1-4-9-17)18-10-5-2-6-11-18/h1-12,15,21-22H,13-14,16H2,(H,24,26)/t21-/m1/s1. The molecule has 0 unspecified atom stereocenters. The number of carbonyl (C=O) groups is 1. The molecule has 5 heteroatoms. The number of rotatable bonds is 7. The van der Waals surface area contributed by atoms with Gasteiger partial charge in [0.05, 0.1) is 17.9 Å². The monoisotopic (exact) mass is 374 g/mol. The van der Waals surface area contributed by atoms with E-state index in [9.17, 15) is 4.79 Å². The van der Waals surface area contributed by atoms with Gasteiger partial charge in [0.1, 0.15) is 5.76 Å². The van der Waals surface area contributed by atoms with Crippen molar-refractivity contribution in [3.8, 4) is 0 Å².